The van der Waals surface area contributed by atoms with E-state index in [1.165, 1.54) is 6.20 Å². The van der Waals surface area contributed by atoms with Crippen LogP contribution in [-0.2, 0) is 4.74 Å². The third-order valence-electron chi connectivity index (χ3n) is 4.19. The third kappa shape index (κ3) is 2.57. The number of hydrogen-bond acceptors (Lipinski definition) is 5. The molecule has 4 heterocycles. The van der Waals surface area contributed by atoms with E-state index in [2.05, 4.69) is 19.9 Å². The fourth-order valence-corrected chi connectivity index (χ4v) is 2.59. The second-order valence-electron chi connectivity index (χ2n) is 5.99. The molecule has 1 saturated heterocycles. The van der Waals surface area contributed by atoms with E-state index in [4.69, 9.17) is 4.74 Å². The van der Waals surface area contributed by atoms with Gasteiger partial charge in [-0.25, -0.2) is 9.37 Å². The fraction of sp³-hybridized carbons (Fsp3) is 0.312. The Labute approximate surface area is 144 Å². The van der Waals surface area contributed by atoms with Gasteiger partial charge in [0.1, 0.15) is 5.82 Å². The Morgan fingerprint density at radius 3 is 2.58 bits per heavy atom. The summed E-state index contributed by atoms with van der Waals surface area (Å²) in [6.07, 6.45) is -1.74. The lowest BCUT2D eigenvalue weighted by Crippen LogP contribution is -2.64. The highest BCUT2D eigenvalue weighted by Gasteiger charge is 2.63. The van der Waals surface area contributed by atoms with E-state index in [9.17, 15) is 17.6 Å². The van der Waals surface area contributed by atoms with Gasteiger partial charge in [-0.3, -0.25) is 4.40 Å². The Bertz CT molecular complexity index is 982. The molecule has 1 fully saturated rings. The largest absolute Gasteiger partial charge is 0.454 e. The van der Waals surface area contributed by atoms with E-state index in [1.54, 1.807) is 29.7 Å². The van der Waals surface area contributed by atoms with E-state index in [1.807, 2.05) is 0 Å². The van der Waals surface area contributed by atoms with Gasteiger partial charge in [-0.05, 0) is 25.1 Å². The monoisotopic (exact) mass is 368 g/mol. The lowest BCUT2D eigenvalue weighted by atomic mass is 10.0. The Morgan fingerprint density at radius 1 is 1.19 bits per heavy atom. The summed E-state index contributed by atoms with van der Waals surface area (Å²) in [6, 6.07) is 4.46. The number of rotatable bonds is 3. The second-order valence-corrected chi connectivity index (χ2v) is 5.99. The van der Waals surface area contributed by atoms with Crippen LogP contribution in [-0.4, -0.2) is 44.6 Å². The normalized spacial score (nSPS) is 16.5. The fourth-order valence-electron chi connectivity index (χ4n) is 2.59. The topological polar surface area (TPSA) is 61.5 Å². The van der Waals surface area contributed by atoms with Crippen LogP contribution in [0.2, 0.25) is 0 Å². The maximum absolute atomic E-state index is 14.3. The van der Waals surface area contributed by atoms with E-state index < -0.39 is 36.7 Å². The molecule has 6 nitrogen and oxygen atoms in total. The van der Waals surface area contributed by atoms with Gasteiger partial charge in [0.15, 0.2) is 11.5 Å². The van der Waals surface area contributed by atoms with Gasteiger partial charge in [0.05, 0.1) is 13.2 Å². The highest BCUT2D eigenvalue weighted by Crippen LogP contribution is 2.40. The van der Waals surface area contributed by atoms with Crippen LogP contribution in [0.25, 0.3) is 16.8 Å². The number of halogens is 4. The summed E-state index contributed by atoms with van der Waals surface area (Å²) in [7, 11) is 0. The van der Waals surface area contributed by atoms with Crippen LogP contribution >= 0.6 is 0 Å². The van der Waals surface area contributed by atoms with Crippen molar-refractivity contribution in [1.82, 2.24) is 19.6 Å². The van der Waals surface area contributed by atoms with Crippen molar-refractivity contribution in [1.29, 1.82) is 0 Å². The minimum atomic E-state index is -4.69. The van der Waals surface area contributed by atoms with E-state index >= 15 is 0 Å². The standard InChI is InChI=1S/C16H12F4N4O2/c1-9-22-23-13-3-2-10(6-24(9)13)11-4-12(17)14(21-5-11)26-15(7-25-8-15)16(18,19)20/h2-6H,7-8H2,1H3. The summed E-state index contributed by atoms with van der Waals surface area (Å²) in [5.41, 5.74) is -0.940. The van der Waals surface area contributed by atoms with Crippen molar-refractivity contribution in [3.63, 3.8) is 0 Å². The molecule has 0 bridgehead atoms. The minimum Gasteiger partial charge on any atom is -0.454 e. The highest BCUT2D eigenvalue weighted by molar-refractivity contribution is 5.64. The zero-order valence-electron chi connectivity index (χ0n) is 13.4. The molecule has 4 rings (SSSR count). The molecule has 3 aromatic rings. The van der Waals surface area contributed by atoms with Gasteiger partial charge in [-0.2, -0.15) is 13.2 Å². The van der Waals surface area contributed by atoms with Gasteiger partial charge in [0, 0.05) is 23.5 Å². The average Bonchev–Trinajstić information content (AvgIpc) is 2.91. The third-order valence-corrected chi connectivity index (χ3v) is 4.19. The van der Waals surface area contributed by atoms with Crippen LogP contribution in [0.3, 0.4) is 0 Å². The summed E-state index contributed by atoms with van der Waals surface area (Å²) < 4.78 is 64.8. The number of ether oxygens (including phenoxy) is 2. The smallest absolute Gasteiger partial charge is 0.432 e. The van der Waals surface area contributed by atoms with Crippen LogP contribution in [0.5, 0.6) is 5.88 Å². The number of alkyl halides is 3. The van der Waals surface area contributed by atoms with Crippen molar-refractivity contribution in [2.24, 2.45) is 0 Å². The summed E-state index contributed by atoms with van der Waals surface area (Å²) in [6.45, 7) is 0.378. The molecular weight excluding hydrogens is 356 g/mol. The number of aryl methyl sites for hydroxylation is 1. The van der Waals surface area contributed by atoms with Crippen LogP contribution < -0.4 is 4.74 Å². The van der Waals surface area contributed by atoms with Crippen molar-refractivity contribution in [3.8, 4) is 17.0 Å². The lowest BCUT2D eigenvalue weighted by molar-refractivity contribution is -0.323. The zero-order valence-corrected chi connectivity index (χ0v) is 13.4. The molecule has 10 heteroatoms. The molecule has 0 N–H and O–H groups in total. The van der Waals surface area contributed by atoms with Crippen molar-refractivity contribution in [3.05, 3.63) is 42.2 Å². The van der Waals surface area contributed by atoms with Gasteiger partial charge in [-0.15, -0.1) is 10.2 Å². The number of aromatic nitrogens is 4. The zero-order chi connectivity index (χ0) is 18.5. The number of pyridine rings is 2. The van der Waals surface area contributed by atoms with Crippen LogP contribution in [0.15, 0.2) is 30.6 Å². The van der Waals surface area contributed by atoms with E-state index in [0.29, 0.717) is 22.6 Å². The number of fused-ring (bicyclic) bond motifs is 1. The predicted octanol–water partition coefficient (Wildman–Crippen LogP) is 2.95. The van der Waals surface area contributed by atoms with E-state index in [0.717, 1.165) is 6.07 Å². The Kier molecular flexibility index (Phi) is 3.62. The van der Waals surface area contributed by atoms with Crippen molar-refractivity contribution in [2.75, 3.05) is 13.2 Å². The molecule has 1 aliphatic rings. The predicted molar refractivity (Wildman–Crippen MR) is 81.1 cm³/mol. The molecule has 0 spiro atoms. The first-order chi connectivity index (χ1) is 12.3. The Hall–Kier alpha value is -2.75. The molecule has 0 unspecified atom stereocenters. The SMILES string of the molecule is Cc1nnc2ccc(-c3cnc(OC4(C(F)(F)F)COC4)c(F)c3)cn12. The quantitative estimate of drug-likeness (QED) is 0.666. The molecule has 26 heavy (non-hydrogen) atoms. The van der Waals surface area contributed by atoms with Gasteiger partial charge in [-0.1, -0.05) is 0 Å². The molecule has 3 aromatic heterocycles. The first-order valence-corrected chi connectivity index (χ1v) is 7.60. The Balaban J connectivity index is 1.66. The summed E-state index contributed by atoms with van der Waals surface area (Å²) >= 11 is 0. The van der Waals surface area contributed by atoms with Crippen LogP contribution in [0.4, 0.5) is 17.6 Å². The average molecular weight is 368 g/mol. The molecule has 0 amide bonds. The van der Waals surface area contributed by atoms with E-state index in [-0.39, 0.29) is 0 Å². The molecule has 136 valence electrons. The Morgan fingerprint density at radius 2 is 1.96 bits per heavy atom. The molecule has 1 aliphatic heterocycles. The van der Waals surface area contributed by atoms with Gasteiger partial charge in [0.25, 0.3) is 11.5 Å². The summed E-state index contributed by atoms with van der Waals surface area (Å²) in [5, 5.41) is 7.87. The summed E-state index contributed by atoms with van der Waals surface area (Å²) in [5.74, 6) is -1.05. The summed E-state index contributed by atoms with van der Waals surface area (Å²) in [4.78, 5) is 3.73. The maximum atomic E-state index is 14.3. The maximum Gasteiger partial charge on any atom is 0.432 e. The number of hydrogen-bond donors (Lipinski definition) is 0. The van der Waals surface area contributed by atoms with Crippen molar-refractivity contribution < 1.29 is 27.0 Å². The molecule has 0 aromatic carbocycles. The van der Waals surface area contributed by atoms with Gasteiger partial charge < -0.3 is 9.47 Å². The van der Waals surface area contributed by atoms with Gasteiger partial charge >= 0.3 is 6.18 Å². The lowest BCUT2D eigenvalue weighted by Gasteiger charge is -2.41. The second kappa shape index (κ2) is 5.63. The number of nitrogens with zero attached hydrogens (tertiary/aromatic N) is 4. The molecule has 0 atom stereocenters. The molecule has 0 radical (unpaired) electrons. The molecule has 0 saturated carbocycles. The first-order valence-electron chi connectivity index (χ1n) is 7.60. The van der Waals surface area contributed by atoms with Crippen LogP contribution in [0, 0.1) is 12.7 Å². The highest BCUT2D eigenvalue weighted by atomic mass is 19.4. The van der Waals surface area contributed by atoms with Gasteiger partial charge in [0.2, 0.25) is 0 Å². The minimum absolute atomic E-state index is 0.385. The van der Waals surface area contributed by atoms with Crippen molar-refractivity contribution in [2.45, 2.75) is 18.7 Å². The van der Waals surface area contributed by atoms with Crippen LogP contribution in [0.1, 0.15) is 5.82 Å². The van der Waals surface area contributed by atoms with Crippen molar-refractivity contribution >= 4 is 5.65 Å². The first kappa shape index (κ1) is 16.7. The molecule has 0 aliphatic carbocycles. The molecular formula is C16H12F4N4O2.